The molecule has 1 saturated carbocycles. The van der Waals surface area contributed by atoms with Crippen molar-refractivity contribution in [3.05, 3.63) is 40.0 Å². The van der Waals surface area contributed by atoms with Crippen molar-refractivity contribution in [3.8, 4) is 11.3 Å². The van der Waals surface area contributed by atoms with Gasteiger partial charge in [-0.15, -0.1) is 0 Å². The number of hydrogen-bond acceptors (Lipinski definition) is 4. The SMILES string of the molecule is CC(C1CC1)N1Cc2cc(-c3cc(C(=O)O)no3)cc(Cl)c2C1=O. The Morgan fingerprint density at radius 2 is 2.17 bits per heavy atom. The summed E-state index contributed by atoms with van der Waals surface area (Å²) in [4.78, 5) is 25.5. The maximum atomic E-state index is 12.7. The highest BCUT2D eigenvalue weighted by Gasteiger charge is 2.39. The summed E-state index contributed by atoms with van der Waals surface area (Å²) < 4.78 is 5.09. The normalized spacial score (nSPS) is 17.9. The van der Waals surface area contributed by atoms with E-state index in [9.17, 15) is 9.59 Å². The van der Waals surface area contributed by atoms with E-state index < -0.39 is 5.97 Å². The fourth-order valence-electron chi connectivity index (χ4n) is 3.24. The van der Waals surface area contributed by atoms with Crippen molar-refractivity contribution in [1.29, 1.82) is 0 Å². The Morgan fingerprint density at radius 1 is 1.42 bits per heavy atom. The van der Waals surface area contributed by atoms with Gasteiger partial charge in [0.2, 0.25) is 0 Å². The molecule has 1 N–H and O–H groups in total. The van der Waals surface area contributed by atoms with Gasteiger partial charge in [-0.1, -0.05) is 16.8 Å². The predicted molar refractivity (Wildman–Crippen MR) is 86.0 cm³/mol. The van der Waals surface area contributed by atoms with Gasteiger partial charge in [0.05, 0.1) is 10.6 Å². The highest BCUT2D eigenvalue weighted by Crippen LogP contribution is 2.40. The number of hydrogen-bond donors (Lipinski definition) is 1. The van der Waals surface area contributed by atoms with Gasteiger partial charge in [0, 0.05) is 24.2 Å². The first-order valence-electron chi connectivity index (χ1n) is 7.79. The third-order valence-electron chi connectivity index (χ3n) is 4.80. The maximum absolute atomic E-state index is 12.7. The number of fused-ring (bicyclic) bond motifs is 1. The molecule has 4 rings (SSSR count). The number of amides is 1. The van der Waals surface area contributed by atoms with Crippen LogP contribution in [-0.2, 0) is 6.54 Å². The average molecular weight is 347 g/mol. The van der Waals surface area contributed by atoms with Gasteiger partial charge >= 0.3 is 5.97 Å². The number of aromatic nitrogens is 1. The number of carbonyl (C=O) groups excluding carboxylic acids is 1. The van der Waals surface area contributed by atoms with E-state index >= 15 is 0 Å². The molecule has 1 unspecified atom stereocenters. The molecule has 7 heteroatoms. The molecule has 6 nitrogen and oxygen atoms in total. The van der Waals surface area contributed by atoms with Gasteiger partial charge in [-0.3, -0.25) is 4.79 Å². The van der Waals surface area contributed by atoms with E-state index in [0.29, 0.717) is 34.4 Å². The molecule has 0 spiro atoms. The minimum atomic E-state index is -1.16. The number of carboxylic acid groups (broad SMARTS) is 1. The van der Waals surface area contributed by atoms with E-state index in [1.165, 1.54) is 6.07 Å². The third kappa shape index (κ3) is 2.38. The molecule has 0 saturated heterocycles. The van der Waals surface area contributed by atoms with Crippen LogP contribution in [0, 0.1) is 5.92 Å². The summed E-state index contributed by atoms with van der Waals surface area (Å²) in [7, 11) is 0. The number of nitrogens with zero attached hydrogens (tertiary/aromatic N) is 2. The van der Waals surface area contributed by atoms with Crippen molar-refractivity contribution < 1.29 is 19.2 Å². The van der Waals surface area contributed by atoms with Crippen LogP contribution in [0.2, 0.25) is 5.02 Å². The molecule has 1 atom stereocenters. The Bertz CT molecular complexity index is 856. The van der Waals surface area contributed by atoms with Crippen LogP contribution in [-0.4, -0.2) is 33.1 Å². The van der Waals surface area contributed by atoms with Gasteiger partial charge in [-0.25, -0.2) is 4.79 Å². The lowest BCUT2D eigenvalue weighted by molar-refractivity contribution is 0.0681. The van der Waals surface area contributed by atoms with Gasteiger partial charge in [0.15, 0.2) is 11.5 Å². The summed E-state index contributed by atoms with van der Waals surface area (Å²) in [6.07, 6.45) is 2.33. The topological polar surface area (TPSA) is 83.6 Å². The summed E-state index contributed by atoms with van der Waals surface area (Å²) in [5.41, 5.74) is 1.82. The van der Waals surface area contributed by atoms with Crippen molar-refractivity contribution in [2.45, 2.75) is 32.4 Å². The molecule has 0 radical (unpaired) electrons. The van der Waals surface area contributed by atoms with Gasteiger partial charge in [-0.2, -0.15) is 0 Å². The quantitative estimate of drug-likeness (QED) is 0.916. The summed E-state index contributed by atoms with van der Waals surface area (Å²) in [5.74, 6) is -0.297. The van der Waals surface area contributed by atoms with Crippen molar-refractivity contribution in [2.24, 2.45) is 5.92 Å². The molecule has 1 aromatic carbocycles. The highest BCUT2D eigenvalue weighted by molar-refractivity contribution is 6.34. The zero-order valence-corrected chi connectivity index (χ0v) is 13.7. The second-order valence-electron chi connectivity index (χ2n) is 6.38. The molecule has 24 heavy (non-hydrogen) atoms. The van der Waals surface area contributed by atoms with E-state index in [2.05, 4.69) is 12.1 Å². The molecule has 124 valence electrons. The van der Waals surface area contributed by atoms with Gasteiger partial charge < -0.3 is 14.5 Å². The largest absolute Gasteiger partial charge is 0.476 e. The Hall–Kier alpha value is -2.34. The predicted octanol–water partition coefficient (Wildman–Crippen LogP) is 3.45. The molecular formula is C17H15ClN2O4. The van der Waals surface area contributed by atoms with E-state index in [1.807, 2.05) is 11.0 Å². The summed E-state index contributed by atoms with van der Waals surface area (Å²) >= 11 is 6.33. The van der Waals surface area contributed by atoms with Crippen molar-refractivity contribution >= 4 is 23.5 Å². The van der Waals surface area contributed by atoms with Crippen LogP contribution in [0.25, 0.3) is 11.3 Å². The number of benzene rings is 1. The smallest absolute Gasteiger partial charge is 0.358 e. The lowest BCUT2D eigenvalue weighted by Gasteiger charge is -2.23. The van der Waals surface area contributed by atoms with Crippen LogP contribution in [0.3, 0.4) is 0 Å². The molecule has 1 fully saturated rings. The summed E-state index contributed by atoms with van der Waals surface area (Å²) in [6, 6.07) is 5.00. The fourth-order valence-corrected chi connectivity index (χ4v) is 3.56. The first kappa shape index (κ1) is 15.2. The third-order valence-corrected chi connectivity index (χ3v) is 5.10. The zero-order chi connectivity index (χ0) is 17.0. The number of halogens is 1. The second kappa shape index (κ2) is 5.34. The second-order valence-corrected chi connectivity index (χ2v) is 6.79. The molecular weight excluding hydrogens is 332 g/mol. The van der Waals surface area contributed by atoms with Crippen LogP contribution in [0.4, 0.5) is 0 Å². The zero-order valence-electron chi connectivity index (χ0n) is 13.0. The van der Waals surface area contributed by atoms with E-state index in [0.717, 1.165) is 18.4 Å². The number of aromatic carboxylic acids is 1. The highest BCUT2D eigenvalue weighted by atomic mass is 35.5. The lowest BCUT2D eigenvalue weighted by Crippen LogP contribution is -2.34. The van der Waals surface area contributed by atoms with E-state index in [1.54, 1.807) is 6.07 Å². The Labute approximate surface area is 143 Å². The Balaban J connectivity index is 1.70. The number of rotatable bonds is 4. The van der Waals surface area contributed by atoms with Crippen LogP contribution in [0.1, 0.15) is 46.2 Å². The van der Waals surface area contributed by atoms with Crippen LogP contribution >= 0.6 is 11.6 Å². The average Bonchev–Trinajstić information content (AvgIpc) is 3.16. The van der Waals surface area contributed by atoms with Crippen LogP contribution < -0.4 is 0 Å². The molecule has 1 amide bonds. The summed E-state index contributed by atoms with van der Waals surface area (Å²) in [6.45, 7) is 2.59. The summed E-state index contributed by atoms with van der Waals surface area (Å²) in [5, 5.41) is 12.8. The Morgan fingerprint density at radius 3 is 2.79 bits per heavy atom. The first-order chi connectivity index (χ1) is 11.5. The Kier molecular flexibility index (Phi) is 3.38. The lowest BCUT2D eigenvalue weighted by atomic mass is 10.0. The minimum Gasteiger partial charge on any atom is -0.476 e. The minimum absolute atomic E-state index is 0.0373. The first-order valence-corrected chi connectivity index (χ1v) is 8.17. The van der Waals surface area contributed by atoms with Gasteiger partial charge in [-0.05, 0) is 43.4 Å². The van der Waals surface area contributed by atoms with E-state index in [4.69, 9.17) is 21.2 Å². The van der Waals surface area contributed by atoms with Crippen molar-refractivity contribution in [3.63, 3.8) is 0 Å². The standard InChI is InChI=1S/C17H15ClN2O4/c1-8(9-2-3-9)20-7-11-4-10(5-12(18)15(11)16(20)21)14-6-13(17(22)23)19-24-14/h4-6,8-9H,2-3,7H2,1H3,(H,22,23). The monoisotopic (exact) mass is 346 g/mol. The molecule has 1 aliphatic heterocycles. The molecule has 2 aromatic rings. The maximum Gasteiger partial charge on any atom is 0.358 e. The van der Waals surface area contributed by atoms with Crippen LogP contribution in [0.15, 0.2) is 22.7 Å². The number of carbonyl (C=O) groups is 2. The molecule has 2 heterocycles. The fraction of sp³-hybridized carbons (Fsp3) is 0.353. The number of carboxylic acids is 1. The van der Waals surface area contributed by atoms with Crippen LogP contribution in [0.5, 0.6) is 0 Å². The van der Waals surface area contributed by atoms with Gasteiger partial charge in [0.1, 0.15) is 0 Å². The van der Waals surface area contributed by atoms with Gasteiger partial charge in [0.25, 0.3) is 5.91 Å². The van der Waals surface area contributed by atoms with E-state index in [-0.39, 0.29) is 17.6 Å². The molecule has 0 bridgehead atoms. The van der Waals surface area contributed by atoms with Crippen molar-refractivity contribution in [1.82, 2.24) is 10.1 Å². The molecule has 1 aromatic heterocycles. The molecule has 1 aliphatic carbocycles. The van der Waals surface area contributed by atoms with Crippen molar-refractivity contribution in [2.75, 3.05) is 0 Å². The molecule has 2 aliphatic rings.